The number of amides is 1. The second-order valence-electron chi connectivity index (χ2n) is 5.29. The van der Waals surface area contributed by atoms with E-state index in [-0.39, 0.29) is 11.8 Å². The van der Waals surface area contributed by atoms with Crippen LogP contribution in [0.3, 0.4) is 0 Å². The molecule has 1 atom stereocenters. The molecule has 0 aliphatic carbocycles. The van der Waals surface area contributed by atoms with Gasteiger partial charge >= 0.3 is 0 Å². The third-order valence-electron chi connectivity index (χ3n) is 3.94. The SMILES string of the molecule is COc1cc2c(cc1O)NCC(NC=O)Cc1ccccc1-2. The third kappa shape index (κ3) is 2.57. The lowest BCUT2D eigenvalue weighted by Gasteiger charge is -2.25. The van der Waals surface area contributed by atoms with Crippen molar-refractivity contribution >= 4 is 12.1 Å². The average molecular weight is 298 g/mol. The van der Waals surface area contributed by atoms with Gasteiger partial charge in [-0.25, -0.2) is 0 Å². The van der Waals surface area contributed by atoms with Crippen LogP contribution in [0.4, 0.5) is 5.69 Å². The zero-order valence-corrected chi connectivity index (χ0v) is 12.3. The number of methoxy groups -OCH3 is 1. The summed E-state index contributed by atoms with van der Waals surface area (Å²) >= 11 is 0. The lowest BCUT2D eigenvalue weighted by Crippen LogP contribution is -2.37. The summed E-state index contributed by atoms with van der Waals surface area (Å²) in [4.78, 5) is 10.8. The molecule has 5 heteroatoms. The van der Waals surface area contributed by atoms with Crippen molar-refractivity contribution in [2.75, 3.05) is 19.0 Å². The number of phenols is 1. The second kappa shape index (κ2) is 5.97. The van der Waals surface area contributed by atoms with Crippen LogP contribution in [0.5, 0.6) is 11.5 Å². The predicted octanol–water partition coefficient (Wildman–Crippen LogP) is 2.15. The Morgan fingerprint density at radius 2 is 2.14 bits per heavy atom. The number of rotatable bonds is 3. The summed E-state index contributed by atoms with van der Waals surface area (Å²) in [6.45, 7) is 0.589. The van der Waals surface area contributed by atoms with Crippen LogP contribution >= 0.6 is 0 Å². The number of ether oxygens (including phenoxy) is 1. The maximum absolute atomic E-state index is 10.8. The normalized spacial score (nSPS) is 16.3. The van der Waals surface area contributed by atoms with Gasteiger partial charge in [-0.15, -0.1) is 0 Å². The Kier molecular flexibility index (Phi) is 3.87. The monoisotopic (exact) mass is 298 g/mol. The van der Waals surface area contributed by atoms with Crippen LogP contribution in [0, 0.1) is 0 Å². The summed E-state index contributed by atoms with van der Waals surface area (Å²) in [6.07, 6.45) is 1.47. The van der Waals surface area contributed by atoms with Gasteiger partial charge in [0.15, 0.2) is 11.5 Å². The van der Waals surface area contributed by atoms with E-state index in [4.69, 9.17) is 4.74 Å². The summed E-state index contributed by atoms with van der Waals surface area (Å²) in [5.41, 5.74) is 4.02. The lowest BCUT2D eigenvalue weighted by atomic mass is 9.92. The molecule has 0 aromatic heterocycles. The van der Waals surface area contributed by atoms with Crippen LogP contribution in [0.25, 0.3) is 11.1 Å². The summed E-state index contributed by atoms with van der Waals surface area (Å²) in [5, 5.41) is 16.1. The first-order valence-corrected chi connectivity index (χ1v) is 7.15. The zero-order chi connectivity index (χ0) is 15.5. The minimum absolute atomic E-state index is 0.00366. The van der Waals surface area contributed by atoms with Crippen LogP contribution < -0.4 is 15.4 Å². The minimum atomic E-state index is -0.00366. The standard InChI is InChI=1S/C17H18N2O3/c1-22-17-7-14-13-5-3-2-4-11(13)6-12(19-10-20)9-18-15(14)8-16(17)21/h2-5,7-8,10,12,18,21H,6,9H2,1H3,(H,19,20). The number of aromatic hydroxyl groups is 1. The molecule has 3 N–H and O–H groups in total. The number of phenolic OH excluding ortho intramolecular Hbond substituents is 1. The van der Waals surface area contributed by atoms with Crippen LogP contribution in [0.2, 0.25) is 0 Å². The molecular formula is C17H18N2O3. The first-order chi connectivity index (χ1) is 10.7. The Bertz CT molecular complexity index is 700. The highest BCUT2D eigenvalue weighted by Crippen LogP contribution is 2.40. The number of anilines is 1. The Morgan fingerprint density at radius 1 is 1.32 bits per heavy atom. The van der Waals surface area contributed by atoms with E-state index in [0.717, 1.165) is 35.2 Å². The van der Waals surface area contributed by atoms with E-state index in [0.29, 0.717) is 12.3 Å². The number of carbonyl (C=O) groups is 1. The average Bonchev–Trinajstić information content (AvgIpc) is 2.52. The molecule has 0 bridgehead atoms. The molecule has 2 aromatic rings. The molecule has 0 radical (unpaired) electrons. The molecule has 1 heterocycles. The summed E-state index contributed by atoms with van der Waals surface area (Å²) in [6, 6.07) is 11.6. The summed E-state index contributed by atoms with van der Waals surface area (Å²) < 4.78 is 5.22. The molecule has 5 nitrogen and oxygen atoms in total. The van der Waals surface area contributed by atoms with Gasteiger partial charge in [0.05, 0.1) is 7.11 Å². The minimum Gasteiger partial charge on any atom is -0.504 e. The van der Waals surface area contributed by atoms with Gasteiger partial charge in [-0.1, -0.05) is 24.3 Å². The van der Waals surface area contributed by atoms with Crippen molar-refractivity contribution in [3.8, 4) is 22.6 Å². The van der Waals surface area contributed by atoms with Gasteiger partial charge in [-0.05, 0) is 23.6 Å². The molecular weight excluding hydrogens is 280 g/mol. The first kappa shape index (κ1) is 14.3. The van der Waals surface area contributed by atoms with Gasteiger partial charge in [0, 0.05) is 29.9 Å². The van der Waals surface area contributed by atoms with E-state index < -0.39 is 0 Å². The quantitative estimate of drug-likeness (QED) is 0.759. The highest BCUT2D eigenvalue weighted by molar-refractivity contribution is 5.83. The maximum Gasteiger partial charge on any atom is 0.207 e. The fraction of sp³-hybridized carbons (Fsp3) is 0.235. The Hall–Kier alpha value is -2.69. The number of hydrogen-bond donors (Lipinski definition) is 3. The van der Waals surface area contributed by atoms with Crippen LogP contribution in [-0.2, 0) is 11.2 Å². The summed E-state index contributed by atoms with van der Waals surface area (Å²) in [5.74, 6) is 0.533. The molecule has 3 rings (SSSR count). The molecule has 22 heavy (non-hydrogen) atoms. The highest BCUT2D eigenvalue weighted by Gasteiger charge is 2.20. The molecule has 1 aliphatic rings. The van der Waals surface area contributed by atoms with Crippen molar-refractivity contribution < 1.29 is 14.6 Å². The van der Waals surface area contributed by atoms with Crippen molar-refractivity contribution in [3.63, 3.8) is 0 Å². The molecule has 1 amide bonds. The number of fused-ring (bicyclic) bond motifs is 3. The van der Waals surface area contributed by atoms with Gasteiger partial charge in [0.25, 0.3) is 0 Å². The van der Waals surface area contributed by atoms with Gasteiger partial charge < -0.3 is 20.5 Å². The van der Waals surface area contributed by atoms with E-state index in [2.05, 4.69) is 16.7 Å². The fourth-order valence-corrected chi connectivity index (χ4v) is 2.85. The molecule has 1 aliphatic heterocycles. The van der Waals surface area contributed by atoms with Gasteiger partial charge in [-0.3, -0.25) is 4.79 Å². The van der Waals surface area contributed by atoms with Crippen molar-refractivity contribution in [3.05, 3.63) is 42.0 Å². The van der Waals surface area contributed by atoms with E-state index in [1.165, 1.54) is 7.11 Å². The largest absolute Gasteiger partial charge is 0.504 e. The van der Waals surface area contributed by atoms with Crippen molar-refractivity contribution in [1.29, 1.82) is 0 Å². The van der Waals surface area contributed by atoms with Crippen molar-refractivity contribution in [2.24, 2.45) is 0 Å². The Morgan fingerprint density at radius 3 is 2.91 bits per heavy atom. The molecule has 2 aromatic carbocycles. The van der Waals surface area contributed by atoms with Crippen LogP contribution in [-0.4, -0.2) is 31.2 Å². The smallest absolute Gasteiger partial charge is 0.207 e. The van der Waals surface area contributed by atoms with Gasteiger partial charge in [0.2, 0.25) is 6.41 Å². The van der Waals surface area contributed by atoms with Crippen LogP contribution in [0.1, 0.15) is 5.56 Å². The van der Waals surface area contributed by atoms with Gasteiger partial charge in [-0.2, -0.15) is 0 Å². The lowest BCUT2D eigenvalue weighted by molar-refractivity contribution is -0.110. The first-order valence-electron chi connectivity index (χ1n) is 7.15. The second-order valence-corrected chi connectivity index (χ2v) is 5.29. The highest BCUT2D eigenvalue weighted by atomic mass is 16.5. The number of nitrogens with one attached hydrogen (secondary N) is 2. The molecule has 0 saturated heterocycles. The zero-order valence-electron chi connectivity index (χ0n) is 12.3. The molecule has 1 unspecified atom stereocenters. The van der Waals surface area contributed by atoms with Crippen LogP contribution in [0.15, 0.2) is 36.4 Å². The van der Waals surface area contributed by atoms with E-state index in [1.54, 1.807) is 6.07 Å². The number of hydrogen-bond acceptors (Lipinski definition) is 4. The van der Waals surface area contributed by atoms with Crippen molar-refractivity contribution in [2.45, 2.75) is 12.5 Å². The van der Waals surface area contributed by atoms with E-state index >= 15 is 0 Å². The van der Waals surface area contributed by atoms with Gasteiger partial charge in [0.1, 0.15) is 0 Å². The fourth-order valence-electron chi connectivity index (χ4n) is 2.85. The maximum atomic E-state index is 10.8. The van der Waals surface area contributed by atoms with E-state index in [9.17, 15) is 9.90 Å². The summed E-state index contributed by atoms with van der Waals surface area (Å²) in [7, 11) is 1.54. The third-order valence-corrected chi connectivity index (χ3v) is 3.94. The predicted molar refractivity (Wildman–Crippen MR) is 85.3 cm³/mol. The number of carbonyl (C=O) groups excluding carboxylic acids is 1. The molecule has 114 valence electrons. The number of benzene rings is 2. The van der Waals surface area contributed by atoms with Crippen molar-refractivity contribution in [1.82, 2.24) is 5.32 Å². The van der Waals surface area contributed by atoms with E-state index in [1.807, 2.05) is 24.3 Å². The molecule has 0 fully saturated rings. The molecule has 0 spiro atoms. The molecule has 0 saturated carbocycles. The Labute approximate surface area is 128 Å². The Balaban J connectivity index is 2.14. The topological polar surface area (TPSA) is 70.6 Å².